The Morgan fingerprint density at radius 1 is 1.08 bits per heavy atom. The molecule has 0 aromatic heterocycles. The Kier molecular flexibility index (Phi) is 2.94. The maximum Gasteiger partial charge on any atom is 0.0720 e. The van der Waals surface area contributed by atoms with Crippen LogP contribution in [0.3, 0.4) is 0 Å². The molecule has 0 heterocycles. The summed E-state index contributed by atoms with van der Waals surface area (Å²) in [5, 5.41) is 1.09. The standard InChI is InChI=1S/C11H12Si/c1-4-12(5-2)11-9-7-6-8-10(11)3/h4-9H,1-3H2. The van der Waals surface area contributed by atoms with Crippen LogP contribution < -0.4 is 5.22 Å². The fourth-order valence-corrected chi connectivity index (χ4v) is 2.45. The normalized spacial score (nSPS) is 9.00. The molecule has 0 N–H and O–H groups in total. The lowest BCUT2D eigenvalue weighted by molar-refractivity contribution is 1.58. The van der Waals surface area contributed by atoms with Gasteiger partial charge in [0, 0.05) is 0 Å². The molecule has 0 unspecified atom stereocenters. The minimum absolute atomic E-state index is 0.766. The van der Waals surface area contributed by atoms with Crippen molar-refractivity contribution in [2.45, 2.75) is 0 Å². The first kappa shape index (κ1) is 8.88. The molecule has 0 spiro atoms. The van der Waals surface area contributed by atoms with Gasteiger partial charge in [0.05, 0.1) is 8.41 Å². The van der Waals surface area contributed by atoms with Gasteiger partial charge in [0.25, 0.3) is 0 Å². The first-order valence-electron chi connectivity index (χ1n) is 3.82. The SMILES string of the molecule is C=C[Si](C=C)=c1ccccc1=C. The molecule has 0 saturated heterocycles. The summed E-state index contributed by atoms with van der Waals surface area (Å²) in [6.45, 7) is 11.6. The summed E-state index contributed by atoms with van der Waals surface area (Å²) < 4.78 is 0. The lowest BCUT2D eigenvalue weighted by atomic mass is 10.3. The number of rotatable bonds is 2. The van der Waals surface area contributed by atoms with Gasteiger partial charge in [-0.3, -0.25) is 0 Å². The lowest BCUT2D eigenvalue weighted by Gasteiger charge is -1.91. The van der Waals surface area contributed by atoms with Gasteiger partial charge in [0.15, 0.2) is 0 Å². The zero-order valence-corrected chi connectivity index (χ0v) is 8.09. The Hall–Kier alpha value is -1.21. The summed E-state index contributed by atoms with van der Waals surface area (Å²) >= 11 is 0. The number of hydrogen-bond donors (Lipinski definition) is 0. The molecule has 12 heavy (non-hydrogen) atoms. The van der Waals surface area contributed by atoms with Crippen LogP contribution in [-0.4, -0.2) is 8.41 Å². The van der Waals surface area contributed by atoms with E-state index in [9.17, 15) is 0 Å². The molecule has 1 aromatic carbocycles. The zero-order chi connectivity index (χ0) is 8.97. The van der Waals surface area contributed by atoms with Crippen LogP contribution in [0.2, 0.25) is 0 Å². The van der Waals surface area contributed by atoms with Crippen LogP contribution in [0.25, 0.3) is 6.58 Å². The molecule has 1 aromatic rings. The molecule has 0 aliphatic rings. The van der Waals surface area contributed by atoms with Crippen LogP contribution in [0.15, 0.2) is 48.8 Å². The van der Waals surface area contributed by atoms with Crippen molar-refractivity contribution in [3.63, 3.8) is 0 Å². The van der Waals surface area contributed by atoms with E-state index in [1.54, 1.807) is 0 Å². The van der Waals surface area contributed by atoms with Crippen molar-refractivity contribution < 1.29 is 0 Å². The fraction of sp³-hybridized carbons (Fsp3) is 0. The van der Waals surface area contributed by atoms with Gasteiger partial charge in [-0.2, -0.15) is 0 Å². The third-order valence-corrected chi connectivity index (χ3v) is 3.76. The Morgan fingerprint density at radius 2 is 1.67 bits per heavy atom. The first-order chi connectivity index (χ1) is 5.79. The van der Waals surface area contributed by atoms with E-state index in [4.69, 9.17) is 0 Å². The van der Waals surface area contributed by atoms with Gasteiger partial charge in [0.1, 0.15) is 0 Å². The Balaban J connectivity index is 3.64. The molecule has 0 fully saturated rings. The van der Waals surface area contributed by atoms with Crippen LogP contribution in [0.1, 0.15) is 0 Å². The second-order valence-electron chi connectivity index (χ2n) is 2.52. The lowest BCUT2D eigenvalue weighted by Crippen LogP contribution is -2.06. The molecule has 0 radical (unpaired) electrons. The Morgan fingerprint density at radius 3 is 2.17 bits per heavy atom. The van der Waals surface area contributed by atoms with Crippen LogP contribution in [0.4, 0.5) is 0 Å². The van der Waals surface area contributed by atoms with Gasteiger partial charge in [-0.25, -0.2) is 0 Å². The third-order valence-electron chi connectivity index (χ3n) is 1.77. The van der Waals surface area contributed by atoms with E-state index in [0.29, 0.717) is 0 Å². The minimum Gasteiger partial charge on any atom is -0.103 e. The number of benzene rings is 1. The van der Waals surface area contributed by atoms with Crippen LogP contribution >= 0.6 is 0 Å². The Bertz CT molecular complexity index is 391. The third kappa shape index (κ3) is 1.68. The summed E-state index contributed by atoms with van der Waals surface area (Å²) in [7, 11) is -0.766. The first-order valence-corrected chi connectivity index (χ1v) is 5.48. The van der Waals surface area contributed by atoms with E-state index >= 15 is 0 Å². The van der Waals surface area contributed by atoms with E-state index in [0.717, 1.165) is 5.22 Å². The van der Waals surface area contributed by atoms with Crippen LogP contribution in [0, 0.1) is 4.81 Å². The highest BCUT2D eigenvalue weighted by Crippen LogP contribution is 1.85. The van der Waals surface area contributed by atoms with Crippen molar-refractivity contribution in [2.24, 2.45) is 0 Å². The van der Waals surface area contributed by atoms with Crippen LogP contribution in [-0.2, 0) is 0 Å². The molecule has 60 valence electrons. The van der Waals surface area contributed by atoms with E-state index in [1.807, 2.05) is 29.6 Å². The van der Waals surface area contributed by atoms with Gasteiger partial charge in [-0.15, -0.1) is 13.2 Å². The monoisotopic (exact) mass is 172 g/mol. The summed E-state index contributed by atoms with van der Waals surface area (Å²) in [6, 6.07) is 8.15. The van der Waals surface area contributed by atoms with E-state index in [-0.39, 0.29) is 0 Å². The van der Waals surface area contributed by atoms with Gasteiger partial charge in [-0.1, -0.05) is 42.2 Å². The summed E-state index contributed by atoms with van der Waals surface area (Å²) in [5.41, 5.74) is 3.95. The zero-order valence-electron chi connectivity index (χ0n) is 7.09. The molecular weight excluding hydrogens is 160 g/mol. The molecule has 0 aliphatic heterocycles. The summed E-state index contributed by atoms with van der Waals surface area (Å²) in [4.78, 5) is 1.28. The van der Waals surface area contributed by atoms with Crippen molar-refractivity contribution in [1.29, 1.82) is 0 Å². The van der Waals surface area contributed by atoms with Crippen LogP contribution in [0.5, 0.6) is 0 Å². The number of hydrogen-bond acceptors (Lipinski definition) is 0. The van der Waals surface area contributed by atoms with Gasteiger partial charge >= 0.3 is 0 Å². The minimum atomic E-state index is -0.766. The molecular formula is C11H12Si. The highest BCUT2D eigenvalue weighted by molar-refractivity contribution is 6.61. The average Bonchev–Trinajstić information content (AvgIpc) is 2.10. The van der Waals surface area contributed by atoms with E-state index in [2.05, 4.69) is 25.8 Å². The van der Waals surface area contributed by atoms with Crippen molar-refractivity contribution >= 4 is 15.0 Å². The molecule has 1 heteroatoms. The highest BCUT2D eigenvalue weighted by atomic mass is 28.2. The quantitative estimate of drug-likeness (QED) is 0.597. The maximum absolute atomic E-state index is 3.97. The largest absolute Gasteiger partial charge is 0.103 e. The molecule has 0 atom stereocenters. The van der Waals surface area contributed by atoms with Gasteiger partial charge in [0.2, 0.25) is 0 Å². The molecule has 0 saturated carbocycles. The fourth-order valence-electron chi connectivity index (χ4n) is 1.11. The van der Waals surface area contributed by atoms with E-state index < -0.39 is 8.41 Å². The average molecular weight is 172 g/mol. The van der Waals surface area contributed by atoms with Crippen molar-refractivity contribution in [3.8, 4) is 0 Å². The Labute approximate surface area is 74.4 Å². The summed E-state index contributed by atoms with van der Waals surface area (Å²) in [6.07, 6.45) is 0. The predicted molar refractivity (Wildman–Crippen MR) is 56.6 cm³/mol. The summed E-state index contributed by atoms with van der Waals surface area (Å²) in [5.74, 6) is 0. The molecule has 1 rings (SSSR count). The van der Waals surface area contributed by atoms with Gasteiger partial charge in [-0.05, 0) is 10.0 Å². The predicted octanol–water partition coefficient (Wildman–Crippen LogP) is 1.87. The molecule has 0 aliphatic carbocycles. The van der Waals surface area contributed by atoms with E-state index in [1.165, 1.54) is 4.81 Å². The topological polar surface area (TPSA) is 0 Å². The second-order valence-corrected chi connectivity index (χ2v) is 4.79. The van der Waals surface area contributed by atoms with Gasteiger partial charge < -0.3 is 0 Å². The molecule has 0 amide bonds. The second kappa shape index (κ2) is 3.98. The van der Waals surface area contributed by atoms with Crippen molar-refractivity contribution in [2.75, 3.05) is 0 Å². The van der Waals surface area contributed by atoms with Crippen molar-refractivity contribution in [3.05, 3.63) is 58.9 Å². The maximum atomic E-state index is 3.97. The molecule has 0 nitrogen and oxygen atoms in total. The smallest absolute Gasteiger partial charge is 0.0720 e. The highest BCUT2D eigenvalue weighted by Gasteiger charge is 1.87. The molecule has 0 bridgehead atoms. The van der Waals surface area contributed by atoms with Crippen molar-refractivity contribution in [1.82, 2.24) is 0 Å².